The zero-order chi connectivity index (χ0) is 15.4. The lowest BCUT2D eigenvalue weighted by atomic mass is 9.54. The summed E-state index contributed by atoms with van der Waals surface area (Å²) in [5.74, 6) is 0.641. The van der Waals surface area contributed by atoms with E-state index in [9.17, 15) is 5.11 Å². The first kappa shape index (κ1) is 14.7. The summed E-state index contributed by atoms with van der Waals surface area (Å²) in [4.78, 5) is 0. The van der Waals surface area contributed by atoms with E-state index in [0.717, 1.165) is 12.2 Å². The first-order valence-corrected chi connectivity index (χ1v) is 8.59. The Kier molecular flexibility index (Phi) is 3.36. The molecule has 4 atom stereocenters. The van der Waals surface area contributed by atoms with Crippen LogP contribution < -0.4 is 5.32 Å². The van der Waals surface area contributed by atoms with Crippen molar-refractivity contribution in [3.05, 3.63) is 18.0 Å². The van der Waals surface area contributed by atoms with E-state index in [1.54, 1.807) is 10.9 Å². The van der Waals surface area contributed by atoms with E-state index < -0.39 is 5.60 Å². The van der Waals surface area contributed by atoms with Gasteiger partial charge in [0.1, 0.15) is 5.60 Å². The van der Waals surface area contributed by atoms with Gasteiger partial charge >= 0.3 is 0 Å². The summed E-state index contributed by atoms with van der Waals surface area (Å²) in [5, 5.41) is 18.7. The molecule has 22 heavy (non-hydrogen) atoms. The molecule has 1 saturated heterocycles. The minimum absolute atomic E-state index is 0.339. The molecule has 5 nitrogen and oxygen atoms in total. The highest BCUT2D eigenvalue weighted by Crippen LogP contribution is 2.60. The highest BCUT2D eigenvalue weighted by Gasteiger charge is 2.64. The molecule has 4 rings (SSSR count). The van der Waals surface area contributed by atoms with Crippen LogP contribution in [0, 0.1) is 11.3 Å². The molecule has 4 unspecified atom stereocenters. The molecule has 1 spiro atoms. The third kappa shape index (κ3) is 2.06. The fourth-order valence-electron chi connectivity index (χ4n) is 5.12. The third-order valence-electron chi connectivity index (χ3n) is 6.28. The minimum Gasteiger partial charge on any atom is -0.384 e. The van der Waals surface area contributed by atoms with Crippen LogP contribution in [0.4, 0.5) is 0 Å². The maximum Gasteiger partial charge on any atom is 0.102 e. The lowest BCUT2D eigenvalue weighted by Crippen LogP contribution is -2.68. The predicted octanol–water partition coefficient (Wildman–Crippen LogP) is 1.56. The normalized spacial score (nSPS) is 35.3. The third-order valence-corrected chi connectivity index (χ3v) is 6.28. The Balaban J connectivity index is 1.46. The summed E-state index contributed by atoms with van der Waals surface area (Å²) in [5.41, 5.74) is 0.339. The van der Waals surface area contributed by atoms with Crippen LogP contribution in [0.2, 0.25) is 0 Å². The zero-order valence-electron chi connectivity index (χ0n) is 13.6. The van der Waals surface area contributed by atoms with Gasteiger partial charge in [0.25, 0.3) is 0 Å². The smallest absolute Gasteiger partial charge is 0.102 e. The molecule has 2 aliphatic carbocycles. The van der Waals surface area contributed by atoms with Gasteiger partial charge in [0.2, 0.25) is 0 Å². The molecule has 1 aliphatic heterocycles. The van der Waals surface area contributed by atoms with Crippen molar-refractivity contribution in [2.45, 2.75) is 56.8 Å². The molecular weight excluding hydrogens is 278 g/mol. The molecule has 1 aromatic rings. The molecule has 0 radical (unpaired) electrons. The van der Waals surface area contributed by atoms with Crippen molar-refractivity contribution in [3.8, 4) is 0 Å². The first-order valence-electron chi connectivity index (χ1n) is 8.59. The summed E-state index contributed by atoms with van der Waals surface area (Å²) in [6.07, 6.45) is 10.5. The van der Waals surface area contributed by atoms with E-state index in [2.05, 4.69) is 10.4 Å². The van der Waals surface area contributed by atoms with Crippen LogP contribution in [0.5, 0.6) is 0 Å². The van der Waals surface area contributed by atoms with Crippen molar-refractivity contribution >= 4 is 0 Å². The second-order valence-corrected chi connectivity index (χ2v) is 7.72. The SMILES string of the molecule is Cn1cc(C(C)(O)CNC2C3CCOC3C23CCCC3)cn1. The number of aryl methyl sites for hydroxylation is 1. The van der Waals surface area contributed by atoms with Gasteiger partial charge in [0, 0.05) is 49.3 Å². The van der Waals surface area contributed by atoms with Gasteiger partial charge < -0.3 is 15.2 Å². The number of aliphatic hydroxyl groups is 1. The molecule has 5 heteroatoms. The molecule has 3 aliphatic rings. The van der Waals surface area contributed by atoms with Crippen molar-refractivity contribution in [2.75, 3.05) is 13.2 Å². The number of nitrogens with zero attached hydrogens (tertiary/aromatic N) is 2. The predicted molar refractivity (Wildman–Crippen MR) is 83.3 cm³/mol. The van der Waals surface area contributed by atoms with Crippen LogP contribution in [0.15, 0.2) is 12.4 Å². The van der Waals surface area contributed by atoms with Gasteiger partial charge in [0.05, 0.1) is 12.3 Å². The summed E-state index contributed by atoms with van der Waals surface area (Å²) in [7, 11) is 1.88. The van der Waals surface area contributed by atoms with Crippen LogP contribution in [0.3, 0.4) is 0 Å². The Hall–Kier alpha value is -0.910. The average Bonchev–Trinajstić information content (AvgIpc) is 3.16. The van der Waals surface area contributed by atoms with Crippen molar-refractivity contribution < 1.29 is 9.84 Å². The summed E-state index contributed by atoms with van der Waals surface area (Å²) in [6.45, 7) is 3.36. The van der Waals surface area contributed by atoms with E-state index in [0.29, 0.717) is 30.0 Å². The van der Waals surface area contributed by atoms with E-state index in [-0.39, 0.29) is 0 Å². The lowest BCUT2D eigenvalue weighted by molar-refractivity contribution is -0.134. The largest absolute Gasteiger partial charge is 0.384 e. The number of fused-ring (bicyclic) bond motifs is 2. The quantitative estimate of drug-likeness (QED) is 0.886. The van der Waals surface area contributed by atoms with Gasteiger partial charge in [0.15, 0.2) is 0 Å². The average molecular weight is 305 g/mol. The maximum absolute atomic E-state index is 10.8. The van der Waals surface area contributed by atoms with Gasteiger partial charge in [-0.15, -0.1) is 0 Å². The number of ether oxygens (including phenoxy) is 1. The van der Waals surface area contributed by atoms with Gasteiger partial charge in [-0.25, -0.2) is 0 Å². The molecule has 2 N–H and O–H groups in total. The van der Waals surface area contributed by atoms with Crippen molar-refractivity contribution in [1.29, 1.82) is 0 Å². The molecule has 0 amide bonds. The zero-order valence-corrected chi connectivity index (χ0v) is 13.6. The highest BCUT2D eigenvalue weighted by atomic mass is 16.5. The molecule has 122 valence electrons. The number of nitrogens with one attached hydrogen (secondary N) is 1. The van der Waals surface area contributed by atoms with Crippen LogP contribution in [-0.4, -0.2) is 40.2 Å². The Labute approximate surface area is 132 Å². The Bertz CT molecular complexity index is 548. The second kappa shape index (κ2) is 5.05. The maximum atomic E-state index is 10.8. The van der Waals surface area contributed by atoms with Crippen LogP contribution in [0.1, 0.15) is 44.6 Å². The fourth-order valence-corrected chi connectivity index (χ4v) is 5.12. The van der Waals surface area contributed by atoms with Crippen LogP contribution >= 0.6 is 0 Å². The topological polar surface area (TPSA) is 59.3 Å². The van der Waals surface area contributed by atoms with Gasteiger partial charge in [-0.3, -0.25) is 4.68 Å². The highest BCUT2D eigenvalue weighted by molar-refractivity contribution is 5.19. The van der Waals surface area contributed by atoms with Crippen molar-refractivity contribution in [3.63, 3.8) is 0 Å². The Morgan fingerprint density at radius 2 is 2.27 bits per heavy atom. The molecule has 0 aromatic carbocycles. The van der Waals surface area contributed by atoms with E-state index in [4.69, 9.17) is 4.74 Å². The molecule has 3 fully saturated rings. The fraction of sp³-hybridized carbons (Fsp3) is 0.824. The monoisotopic (exact) mass is 305 g/mol. The molecule has 2 saturated carbocycles. The molecule has 2 heterocycles. The number of hydrogen-bond donors (Lipinski definition) is 2. The molecular formula is C17H27N3O2. The Morgan fingerprint density at radius 3 is 2.95 bits per heavy atom. The lowest BCUT2D eigenvalue weighted by Gasteiger charge is -2.57. The van der Waals surface area contributed by atoms with E-state index in [1.807, 2.05) is 20.2 Å². The summed E-state index contributed by atoms with van der Waals surface area (Å²) in [6, 6.07) is 0.505. The second-order valence-electron chi connectivity index (χ2n) is 7.72. The molecule has 1 aromatic heterocycles. The van der Waals surface area contributed by atoms with E-state index >= 15 is 0 Å². The molecule has 0 bridgehead atoms. The first-order chi connectivity index (χ1) is 10.5. The number of rotatable bonds is 4. The van der Waals surface area contributed by atoms with Crippen LogP contribution in [0.25, 0.3) is 0 Å². The number of hydrogen-bond acceptors (Lipinski definition) is 4. The standard InChI is InChI=1S/C17H27N3O2/c1-16(21,12-9-19-20(2)10-12)11-18-14-13-5-8-22-15(13)17(14)6-3-4-7-17/h9-10,13-15,18,21H,3-8,11H2,1-2H3. The Morgan fingerprint density at radius 1 is 1.50 bits per heavy atom. The van der Waals surface area contributed by atoms with Crippen molar-refractivity contribution in [2.24, 2.45) is 18.4 Å². The van der Waals surface area contributed by atoms with Crippen LogP contribution in [-0.2, 0) is 17.4 Å². The summed E-state index contributed by atoms with van der Waals surface area (Å²) < 4.78 is 7.77. The van der Waals surface area contributed by atoms with E-state index in [1.165, 1.54) is 32.1 Å². The van der Waals surface area contributed by atoms with Gasteiger partial charge in [-0.05, 0) is 26.2 Å². The van der Waals surface area contributed by atoms with Crippen molar-refractivity contribution in [1.82, 2.24) is 15.1 Å². The summed E-state index contributed by atoms with van der Waals surface area (Å²) >= 11 is 0. The minimum atomic E-state index is -0.876. The van der Waals surface area contributed by atoms with Gasteiger partial charge in [-0.2, -0.15) is 5.10 Å². The van der Waals surface area contributed by atoms with Gasteiger partial charge in [-0.1, -0.05) is 12.8 Å². The number of aromatic nitrogens is 2.